The van der Waals surface area contributed by atoms with Crippen molar-refractivity contribution in [1.82, 2.24) is 0 Å². The van der Waals surface area contributed by atoms with Gasteiger partial charge in [0.25, 0.3) is 0 Å². The molecule has 0 radical (unpaired) electrons. The molecule has 0 bridgehead atoms. The van der Waals surface area contributed by atoms with E-state index < -0.39 is 0 Å². The van der Waals surface area contributed by atoms with E-state index in [1.165, 1.54) is 0 Å². The molecule has 0 aliphatic heterocycles. The maximum atomic E-state index is 4.80. The summed E-state index contributed by atoms with van der Waals surface area (Å²) in [6.07, 6.45) is 0. The number of rotatable bonds is 3. The Morgan fingerprint density at radius 1 is 1.57 bits per heavy atom. The van der Waals surface area contributed by atoms with Crippen molar-refractivity contribution in [1.29, 1.82) is 0 Å². The quantitative estimate of drug-likeness (QED) is 0.288. The van der Waals surface area contributed by atoms with Crippen LogP contribution in [0.1, 0.15) is 1.43 Å². The molecule has 0 atom stereocenters. The maximum absolute atomic E-state index is 4.80. The summed E-state index contributed by atoms with van der Waals surface area (Å²) in [5, 5.41) is 0. The van der Waals surface area contributed by atoms with E-state index in [-0.39, 0.29) is 31.0 Å². The molecule has 0 amide bonds. The largest absolute Gasteiger partial charge is 1.00 e. The summed E-state index contributed by atoms with van der Waals surface area (Å²) in [5.74, 6) is 0. The van der Waals surface area contributed by atoms with Crippen LogP contribution in [0.4, 0.5) is 0 Å². The first kappa shape index (κ1) is 11.3. The smallest absolute Gasteiger partial charge is 1.00 e. The van der Waals surface area contributed by atoms with Crippen molar-refractivity contribution in [2.75, 3.05) is 20.3 Å². The fraction of sp³-hybridized carbons (Fsp3) is 1.00. The molecule has 0 aromatic carbocycles. The molecule has 0 aliphatic carbocycles. The SMILES string of the molecule is COCC[O][AlH2].[H-].[Na+]. The number of methoxy groups -OCH3 is 1. The molecule has 0 heterocycles. The summed E-state index contributed by atoms with van der Waals surface area (Å²) in [6.45, 7) is 1.48. The maximum Gasteiger partial charge on any atom is 1.00 e. The van der Waals surface area contributed by atoms with Crippen LogP contribution in [0.3, 0.4) is 0 Å². The third kappa shape index (κ3) is 11.2. The van der Waals surface area contributed by atoms with Gasteiger partial charge in [0.15, 0.2) is 0 Å². The van der Waals surface area contributed by atoms with Crippen molar-refractivity contribution in [3.8, 4) is 0 Å². The van der Waals surface area contributed by atoms with Crippen molar-refractivity contribution in [2.24, 2.45) is 0 Å². The van der Waals surface area contributed by atoms with Crippen LogP contribution in [-0.2, 0) is 8.53 Å². The molecule has 0 aromatic heterocycles. The Morgan fingerprint density at radius 3 is 2.29 bits per heavy atom. The van der Waals surface area contributed by atoms with Crippen LogP contribution in [0, 0.1) is 0 Å². The van der Waals surface area contributed by atoms with Crippen molar-refractivity contribution in [3.05, 3.63) is 0 Å². The van der Waals surface area contributed by atoms with E-state index >= 15 is 0 Å². The van der Waals surface area contributed by atoms with Gasteiger partial charge in [-0.25, -0.2) is 0 Å². The zero-order valence-electron chi connectivity index (χ0n) is 6.23. The minimum absolute atomic E-state index is 0. The summed E-state index contributed by atoms with van der Waals surface area (Å²) >= 11 is 0.823. The average Bonchev–Trinajstić information content (AvgIpc) is 1.61. The van der Waals surface area contributed by atoms with Gasteiger partial charge in [-0.3, -0.25) is 0 Å². The molecule has 38 valence electrons. The molecular formula is C3H10AlNaO2. The molecule has 0 aliphatic rings. The fourth-order valence-electron chi connectivity index (χ4n) is 0.167. The number of hydrogen-bond acceptors (Lipinski definition) is 2. The van der Waals surface area contributed by atoms with Crippen LogP contribution < -0.4 is 29.6 Å². The van der Waals surface area contributed by atoms with Gasteiger partial charge in [0.05, 0.1) is 6.61 Å². The second-order valence-electron chi connectivity index (χ2n) is 0.986. The third-order valence-corrected chi connectivity index (χ3v) is 0.900. The summed E-state index contributed by atoms with van der Waals surface area (Å²) in [5.41, 5.74) is 0. The molecule has 2 nitrogen and oxygen atoms in total. The zero-order valence-corrected chi connectivity index (χ0v) is 9.23. The van der Waals surface area contributed by atoms with Gasteiger partial charge in [0, 0.05) is 13.7 Å². The van der Waals surface area contributed by atoms with E-state index in [1.807, 2.05) is 0 Å². The van der Waals surface area contributed by atoms with Crippen LogP contribution in [0.25, 0.3) is 0 Å². The normalized spacial score (nSPS) is 7.57. The summed E-state index contributed by atoms with van der Waals surface area (Å²) in [4.78, 5) is 0. The predicted octanol–water partition coefficient (Wildman–Crippen LogP) is -3.69. The van der Waals surface area contributed by atoms with Crippen molar-refractivity contribution in [2.45, 2.75) is 0 Å². The van der Waals surface area contributed by atoms with Crippen LogP contribution >= 0.6 is 0 Å². The number of ether oxygens (including phenoxy) is 1. The van der Waals surface area contributed by atoms with Crippen LogP contribution in [0.15, 0.2) is 0 Å². The van der Waals surface area contributed by atoms with Gasteiger partial charge >= 0.3 is 46.2 Å². The molecule has 7 heavy (non-hydrogen) atoms. The summed E-state index contributed by atoms with van der Waals surface area (Å²) < 4.78 is 9.48. The Hall–Kier alpha value is 1.45. The summed E-state index contributed by atoms with van der Waals surface area (Å²) in [7, 11) is 1.67. The second kappa shape index (κ2) is 10.4. The Bertz CT molecular complexity index is 29.2. The van der Waals surface area contributed by atoms with E-state index in [0.717, 1.165) is 29.8 Å². The van der Waals surface area contributed by atoms with E-state index in [4.69, 9.17) is 3.79 Å². The predicted molar refractivity (Wildman–Crippen MR) is 27.5 cm³/mol. The second-order valence-corrected chi connectivity index (χ2v) is 1.56. The Balaban J connectivity index is -0.000000125. The number of hydrogen-bond donors (Lipinski definition) is 0. The first-order valence-corrected chi connectivity index (χ1v) is 2.71. The van der Waals surface area contributed by atoms with E-state index in [0.29, 0.717) is 0 Å². The van der Waals surface area contributed by atoms with Crippen molar-refractivity contribution < 1.29 is 39.5 Å². The van der Waals surface area contributed by atoms with Gasteiger partial charge < -0.3 is 9.95 Å². The van der Waals surface area contributed by atoms with E-state index in [9.17, 15) is 0 Å². The molecule has 0 saturated heterocycles. The minimum Gasteiger partial charge on any atom is -1.00 e. The first-order valence-electron chi connectivity index (χ1n) is 1.89. The van der Waals surface area contributed by atoms with Gasteiger partial charge in [-0.1, -0.05) is 0 Å². The summed E-state index contributed by atoms with van der Waals surface area (Å²) in [6, 6.07) is 0. The van der Waals surface area contributed by atoms with E-state index in [2.05, 4.69) is 4.74 Å². The topological polar surface area (TPSA) is 18.5 Å². The van der Waals surface area contributed by atoms with Gasteiger partial charge in [-0.05, 0) is 0 Å². The monoisotopic (exact) mass is 128 g/mol. The molecule has 4 heteroatoms. The average molecular weight is 128 g/mol. The molecule has 0 N–H and O–H groups in total. The van der Waals surface area contributed by atoms with E-state index in [1.54, 1.807) is 7.11 Å². The molecule has 0 spiro atoms. The Labute approximate surface area is 76.1 Å². The molecule has 0 saturated carbocycles. The molecule has 0 unspecified atom stereocenters. The van der Waals surface area contributed by atoms with Crippen molar-refractivity contribution in [3.63, 3.8) is 0 Å². The molecule has 0 rings (SSSR count). The standard InChI is InChI=1S/C3H7O2.Al.Na.3H/c1-5-3-2-4;;;;;/h2-3H2,1H3;;;;;/q-1;2*+1;;;-1. The first-order chi connectivity index (χ1) is 2.91. The molecule has 0 aromatic rings. The third-order valence-electron chi connectivity index (χ3n) is 0.492. The van der Waals surface area contributed by atoms with Gasteiger partial charge in [0.2, 0.25) is 0 Å². The van der Waals surface area contributed by atoms with Gasteiger partial charge in [0.1, 0.15) is 0 Å². The fourth-order valence-corrected chi connectivity index (χ4v) is 0.333. The molecule has 0 fully saturated rings. The zero-order chi connectivity index (χ0) is 4.83. The van der Waals surface area contributed by atoms with Crippen LogP contribution in [0.5, 0.6) is 0 Å². The molecular weight excluding hydrogens is 118 g/mol. The van der Waals surface area contributed by atoms with Gasteiger partial charge in [-0.15, -0.1) is 0 Å². The Kier molecular flexibility index (Phi) is 16.8. The van der Waals surface area contributed by atoms with Crippen molar-refractivity contribution >= 4 is 16.6 Å². The Morgan fingerprint density at radius 2 is 2.14 bits per heavy atom. The van der Waals surface area contributed by atoms with Gasteiger partial charge in [-0.2, -0.15) is 0 Å². The minimum atomic E-state index is 0. The van der Waals surface area contributed by atoms with Crippen LogP contribution in [0.2, 0.25) is 0 Å². The van der Waals surface area contributed by atoms with Crippen LogP contribution in [-0.4, -0.2) is 36.9 Å².